The minimum Gasteiger partial charge on any atom is -0.304 e. The van der Waals surface area contributed by atoms with E-state index in [0.717, 1.165) is 25.9 Å². The predicted molar refractivity (Wildman–Crippen MR) is 38.6 cm³/mol. The zero-order valence-corrected chi connectivity index (χ0v) is 6.21. The minimum absolute atomic E-state index is 0.205. The minimum atomic E-state index is 0.205. The fourth-order valence-electron chi connectivity index (χ4n) is 1.32. The zero-order valence-electron chi connectivity index (χ0n) is 6.21. The van der Waals surface area contributed by atoms with E-state index in [1.165, 1.54) is 0 Å². The average molecular weight is 140 g/mol. The Kier molecular flexibility index (Phi) is 2.60. The number of isocyanates is 1. The molecule has 1 saturated heterocycles. The quantitative estimate of drug-likeness (QED) is 0.390. The molecule has 1 unspecified atom stereocenters. The van der Waals surface area contributed by atoms with Crippen LogP contribution in [0.1, 0.15) is 12.8 Å². The summed E-state index contributed by atoms with van der Waals surface area (Å²) in [6.45, 7) is 2.04. The fourth-order valence-corrected chi connectivity index (χ4v) is 1.32. The number of hydrogen-bond acceptors (Lipinski definition) is 3. The van der Waals surface area contributed by atoms with Crippen molar-refractivity contribution in [1.82, 2.24) is 4.90 Å². The van der Waals surface area contributed by atoms with Gasteiger partial charge in [0.2, 0.25) is 6.08 Å². The molecule has 3 heteroatoms. The highest BCUT2D eigenvalue weighted by Crippen LogP contribution is 2.09. The van der Waals surface area contributed by atoms with Gasteiger partial charge in [0, 0.05) is 6.54 Å². The third-order valence-corrected chi connectivity index (χ3v) is 1.83. The van der Waals surface area contributed by atoms with Gasteiger partial charge in [-0.05, 0) is 26.4 Å². The third-order valence-electron chi connectivity index (χ3n) is 1.83. The van der Waals surface area contributed by atoms with Crippen LogP contribution in [-0.2, 0) is 4.79 Å². The van der Waals surface area contributed by atoms with Gasteiger partial charge >= 0.3 is 0 Å². The summed E-state index contributed by atoms with van der Waals surface area (Å²) < 4.78 is 0. The van der Waals surface area contributed by atoms with Crippen molar-refractivity contribution in [3.05, 3.63) is 0 Å². The van der Waals surface area contributed by atoms with Crippen LogP contribution in [0.15, 0.2) is 4.99 Å². The molecule has 1 atom stereocenters. The van der Waals surface area contributed by atoms with Gasteiger partial charge in [-0.25, -0.2) is 9.79 Å². The van der Waals surface area contributed by atoms with Crippen LogP contribution in [0, 0.1) is 0 Å². The van der Waals surface area contributed by atoms with E-state index in [9.17, 15) is 4.79 Å². The molecule has 0 aliphatic carbocycles. The normalized spacial score (nSPS) is 27.5. The molecule has 0 amide bonds. The molecule has 0 aromatic carbocycles. The maximum Gasteiger partial charge on any atom is 0.235 e. The van der Waals surface area contributed by atoms with E-state index >= 15 is 0 Å². The summed E-state index contributed by atoms with van der Waals surface area (Å²) >= 11 is 0. The summed E-state index contributed by atoms with van der Waals surface area (Å²) in [4.78, 5) is 15.7. The SMILES string of the molecule is CN1CCCC(N=C=O)C1. The molecule has 0 radical (unpaired) electrons. The Morgan fingerprint density at radius 3 is 3.10 bits per heavy atom. The van der Waals surface area contributed by atoms with Crippen LogP contribution in [0.5, 0.6) is 0 Å². The van der Waals surface area contributed by atoms with Crippen LogP contribution >= 0.6 is 0 Å². The summed E-state index contributed by atoms with van der Waals surface area (Å²) in [5.41, 5.74) is 0. The largest absolute Gasteiger partial charge is 0.304 e. The number of aliphatic imine (C=N–C) groups is 1. The van der Waals surface area contributed by atoms with Crippen LogP contribution in [0.4, 0.5) is 0 Å². The van der Waals surface area contributed by atoms with Gasteiger partial charge in [-0.2, -0.15) is 0 Å². The van der Waals surface area contributed by atoms with Crippen molar-refractivity contribution in [3.8, 4) is 0 Å². The predicted octanol–water partition coefficient (Wildman–Crippen LogP) is 0.416. The zero-order chi connectivity index (χ0) is 7.40. The number of nitrogens with zero attached hydrogens (tertiary/aromatic N) is 2. The standard InChI is InChI=1S/C7H12N2O/c1-9-4-2-3-7(5-9)8-6-10/h7H,2-5H2,1H3. The molecule has 0 spiro atoms. The van der Waals surface area contributed by atoms with Gasteiger partial charge < -0.3 is 4.90 Å². The van der Waals surface area contributed by atoms with E-state index in [1.807, 2.05) is 7.05 Å². The van der Waals surface area contributed by atoms with E-state index in [1.54, 1.807) is 6.08 Å². The van der Waals surface area contributed by atoms with E-state index in [4.69, 9.17) is 0 Å². The Balaban J connectivity index is 2.39. The van der Waals surface area contributed by atoms with Gasteiger partial charge in [0.05, 0.1) is 6.04 Å². The lowest BCUT2D eigenvalue weighted by molar-refractivity contribution is 0.252. The van der Waals surface area contributed by atoms with Crippen molar-refractivity contribution < 1.29 is 4.79 Å². The maximum atomic E-state index is 9.87. The van der Waals surface area contributed by atoms with Gasteiger partial charge in [-0.1, -0.05) is 0 Å². The molecule has 56 valence electrons. The van der Waals surface area contributed by atoms with Gasteiger partial charge in [-0.3, -0.25) is 0 Å². The van der Waals surface area contributed by atoms with Crippen molar-refractivity contribution in [2.75, 3.05) is 20.1 Å². The molecule has 1 rings (SSSR count). The van der Waals surface area contributed by atoms with Crippen LogP contribution < -0.4 is 0 Å². The lowest BCUT2D eigenvalue weighted by atomic mass is 10.1. The first-order valence-corrected chi connectivity index (χ1v) is 3.58. The lowest BCUT2D eigenvalue weighted by Gasteiger charge is -2.25. The highest BCUT2D eigenvalue weighted by molar-refractivity contribution is 5.33. The Morgan fingerprint density at radius 1 is 1.70 bits per heavy atom. The molecular weight excluding hydrogens is 128 g/mol. The molecule has 1 fully saturated rings. The van der Waals surface area contributed by atoms with E-state index < -0.39 is 0 Å². The lowest BCUT2D eigenvalue weighted by Crippen LogP contribution is -2.34. The van der Waals surface area contributed by atoms with E-state index in [-0.39, 0.29) is 6.04 Å². The molecule has 0 N–H and O–H groups in total. The molecular formula is C7H12N2O. The first kappa shape index (κ1) is 7.45. The van der Waals surface area contributed by atoms with Gasteiger partial charge in [-0.15, -0.1) is 0 Å². The fraction of sp³-hybridized carbons (Fsp3) is 0.857. The van der Waals surface area contributed by atoms with Gasteiger partial charge in [0.1, 0.15) is 0 Å². The summed E-state index contributed by atoms with van der Waals surface area (Å²) in [5.74, 6) is 0. The number of rotatable bonds is 1. The van der Waals surface area contributed by atoms with Crippen molar-refractivity contribution in [3.63, 3.8) is 0 Å². The monoisotopic (exact) mass is 140 g/mol. The molecule has 1 heterocycles. The van der Waals surface area contributed by atoms with Crippen molar-refractivity contribution >= 4 is 6.08 Å². The summed E-state index contributed by atoms with van der Waals surface area (Å²) in [6.07, 6.45) is 3.79. The summed E-state index contributed by atoms with van der Waals surface area (Å²) in [7, 11) is 2.05. The van der Waals surface area contributed by atoms with Crippen molar-refractivity contribution in [1.29, 1.82) is 0 Å². The molecule has 0 bridgehead atoms. The third kappa shape index (κ3) is 1.94. The van der Waals surface area contributed by atoms with Crippen LogP contribution in [0.25, 0.3) is 0 Å². The highest BCUT2D eigenvalue weighted by atomic mass is 16.1. The number of likely N-dealkylation sites (N-methyl/N-ethyl adjacent to an activating group) is 1. The highest BCUT2D eigenvalue weighted by Gasteiger charge is 2.15. The Bertz CT molecular complexity index is 152. The van der Waals surface area contributed by atoms with Crippen LogP contribution in [0.2, 0.25) is 0 Å². The number of piperidine rings is 1. The second-order valence-corrected chi connectivity index (χ2v) is 2.78. The first-order chi connectivity index (χ1) is 4.83. The van der Waals surface area contributed by atoms with Gasteiger partial charge in [0.25, 0.3) is 0 Å². The number of hydrogen-bond donors (Lipinski definition) is 0. The number of carbonyl (C=O) groups excluding carboxylic acids is 1. The van der Waals surface area contributed by atoms with E-state index in [0.29, 0.717) is 0 Å². The second kappa shape index (κ2) is 3.49. The van der Waals surface area contributed by atoms with Crippen LogP contribution in [-0.4, -0.2) is 37.2 Å². The molecule has 0 aromatic rings. The molecule has 10 heavy (non-hydrogen) atoms. The topological polar surface area (TPSA) is 32.7 Å². The van der Waals surface area contributed by atoms with Gasteiger partial charge in [0.15, 0.2) is 0 Å². The first-order valence-electron chi connectivity index (χ1n) is 3.58. The Hall–Kier alpha value is -0.660. The molecule has 0 saturated carbocycles. The summed E-state index contributed by atoms with van der Waals surface area (Å²) in [6, 6.07) is 0.205. The molecule has 3 nitrogen and oxygen atoms in total. The molecule has 1 aliphatic rings. The van der Waals surface area contributed by atoms with Crippen LogP contribution in [0.3, 0.4) is 0 Å². The van der Waals surface area contributed by atoms with E-state index in [2.05, 4.69) is 9.89 Å². The smallest absolute Gasteiger partial charge is 0.235 e. The summed E-state index contributed by atoms with van der Waals surface area (Å²) in [5, 5.41) is 0. The maximum absolute atomic E-state index is 9.87. The van der Waals surface area contributed by atoms with Crippen molar-refractivity contribution in [2.24, 2.45) is 4.99 Å². The Labute approximate surface area is 60.7 Å². The van der Waals surface area contributed by atoms with Crippen molar-refractivity contribution in [2.45, 2.75) is 18.9 Å². The second-order valence-electron chi connectivity index (χ2n) is 2.78. The average Bonchev–Trinajstić information content (AvgIpc) is 1.88. The molecule has 1 aliphatic heterocycles. The number of likely N-dealkylation sites (tertiary alicyclic amines) is 1. The molecule has 0 aromatic heterocycles. The Morgan fingerprint density at radius 2 is 2.50 bits per heavy atom.